The van der Waals surface area contributed by atoms with E-state index in [4.69, 9.17) is 0 Å². The second-order valence-corrected chi connectivity index (χ2v) is 6.67. The van der Waals surface area contributed by atoms with Crippen LogP contribution in [0.5, 0.6) is 0 Å². The van der Waals surface area contributed by atoms with E-state index >= 15 is 0 Å². The molecule has 4 heteroatoms. The standard InChI is InChI=1S/C16H22N2O2/c1-10(2)9-18-12-8-6-7-11(14(19)20)13(12)17-15(18)16(3,4)5/h6-8,10H,9H2,1-5H3,(H,19,20). The minimum absolute atomic E-state index is 0.121. The maximum atomic E-state index is 11.4. The molecule has 0 amide bonds. The zero-order valence-corrected chi connectivity index (χ0v) is 12.8. The number of imidazole rings is 1. The number of hydrogen-bond acceptors (Lipinski definition) is 2. The zero-order chi connectivity index (χ0) is 15.1. The van der Waals surface area contributed by atoms with Crippen LogP contribution >= 0.6 is 0 Å². The van der Waals surface area contributed by atoms with Gasteiger partial charge in [-0.25, -0.2) is 9.78 Å². The van der Waals surface area contributed by atoms with E-state index in [2.05, 4.69) is 44.2 Å². The molecular formula is C16H22N2O2. The van der Waals surface area contributed by atoms with Gasteiger partial charge in [0, 0.05) is 12.0 Å². The summed E-state index contributed by atoms with van der Waals surface area (Å²) in [5.74, 6) is 0.488. The van der Waals surface area contributed by atoms with Gasteiger partial charge in [-0.15, -0.1) is 0 Å². The SMILES string of the molecule is CC(C)Cn1c(C(C)(C)C)nc2c(C(=O)O)cccc21. The number of carboxylic acid groups (broad SMARTS) is 1. The molecule has 1 heterocycles. The number of aromatic carboxylic acids is 1. The highest BCUT2D eigenvalue weighted by atomic mass is 16.4. The Kier molecular flexibility index (Phi) is 3.59. The third-order valence-electron chi connectivity index (χ3n) is 3.23. The largest absolute Gasteiger partial charge is 0.478 e. The Morgan fingerprint density at radius 3 is 2.50 bits per heavy atom. The van der Waals surface area contributed by atoms with Gasteiger partial charge in [-0.3, -0.25) is 0 Å². The molecule has 0 radical (unpaired) electrons. The Balaban J connectivity index is 2.78. The van der Waals surface area contributed by atoms with Gasteiger partial charge >= 0.3 is 5.97 Å². The van der Waals surface area contributed by atoms with E-state index in [9.17, 15) is 9.90 Å². The van der Waals surface area contributed by atoms with Crippen molar-refractivity contribution < 1.29 is 9.90 Å². The minimum atomic E-state index is -0.926. The smallest absolute Gasteiger partial charge is 0.337 e. The van der Waals surface area contributed by atoms with Gasteiger partial charge in [0.1, 0.15) is 11.3 Å². The lowest BCUT2D eigenvalue weighted by Gasteiger charge is -2.21. The molecule has 1 N–H and O–H groups in total. The van der Waals surface area contributed by atoms with Crippen LogP contribution < -0.4 is 0 Å². The molecule has 2 aromatic rings. The molecule has 0 unspecified atom stereocenters. The van der Waals surface area contributed by atoms with E-state index in [1.807, 2.05) is 6.07 Å². The fourth-order valence-electron chi connectivity index (χ4n) is 2.44. The predicted octanol–water partition coefficient (Wildman–Crippen LogP) is 3.69. The molecule has 0 aliphatic heterocycles. The van der Waals surface area contributed by atoms with Crippen molar-refractivity contribution >= 4 is 17.0 Å². The average Bonchev–Trinajstić information content (AvgIpc) is 2.67. The second kappa shape index (κ2) is 4.93. The first-order valence-electron chi connectivity index (χ1n) is 6.95. The van der Waals surface area contributed by atoms with Crippen molar-refractivity contribution in [3.8, 4) is 0 Å². The van der Waals surface area contributed by atoms with Crippen molar-refractivity contribution in [2.24, 2.45) is 5.92 Å². The molecular weight excluding hydrogens is 252 g/mol. The van der Waals surface area contributed by atoms with Crippen LogP contribution in [0, 0.1) is 5.92 Å². The van der Waals surface area contributed by atoms with Crippen LogP contribution in [0.15, 0.2) is 18.2 Å². The molecule has 0 spiro atoms. The van der Waals surface area contributed by atoms with Crippen LogP contribution in [-0.4, -0.2) is 20.6 Å². The molecule has 0 fully saturated rings. The zero-order valence-electron chi connectivity index (χ0n) is 12.8. The number of carboxylic acids is 1. The predicted molar refractivity (Wildman–Crippen MR) is 80.2 cm³/mol. The number of carbonyl (C=O) groups is 1. The molecule has 0 aliphatic carbocycles. The molecule has 0 aliphatic rings. The first kappa shape index (κ1) is 14.6. The molecule has 0 atom stereocenters. The number of para-hydroxylation sites is 1. The normalized spacial score (nSPS) is 12.3. The first-order valence-corrected chi connectivity index (χ1v) is 6.95. The van der Waals surface area contributed by atoms with Crippen molar-refractivity contribution in [3.63, 3.8) is 0 Å². The van der Waals surface area contributed by atoms with Gasteiger partial charge < -0.3 is 9.67 Å². The monoisotopic (exact) mass is 274 g/mol. The van der Waals surface area contributed by atoms with Gasteiger partial charge in [-0.05, 0) is 18.1 Å². The molecule has 0 saturated heterocycles. The summed E-state index contributed by atoms with van der Waals surface area (Å²) in [7, 11) is 0. The van der Waals surface area contributed by atoms with E-state index in [1.54, 1.807) is 12.1 Å². The average molecular weight is 274 g/mol. The number of nitrogens with zero attached hydrogens (tertiary/aromatic N) is 2. The Hall–Kier alpha value is -1.84. The number of hydrogen-bond donors (Lipinski definition) is 1. The van der Waals surface area contributed by atoms with E-state index in [0.29, 0.717) is 11.4 Å². The fraction of sp³-hybridized carbons (Fsp3) is 0.500. The molecule has 1 aromatic heterocycles. The van der Waals surface area contributed by atoms with Gasteiger partial charge in [0.2, 0.25) is 0 Å². The summed E-state index contributed by atoms with van der Waals surface area (Å²) in [6, 6.07) is 5.35. The van der Waals surface area contributed by atoms with Crippen molar-refractivity contribution in [2.75, 3.05) is 0 Å². The maximum Gasteiger partial charge on any atom is 0.337 e. The molecule has 2 rings (SSSR count). The summed E-state index contributed by atoms with van der Waals surface area (Å²) in [5.41, 5.74) is 1.65. The molecule has 20 heavy (non-hydrogen) atoms. The molecule has 108 valence electrons. The van der Waals surface area contributed by atoms with Gasteiger partial charge in [-0.1, -0.05) is 40.7 Å². The minimum Gasteiger partial charge on any atom is -0.478 e. The van der Waals surface area contributed by atoms with E-state index in [1.165, 1.54) is 0 Å². The van der Waals surface area contributed by atoms with E-state index in [-0.39, 0.29) is 11.0 Å². The van der Waals surface area contributed by atoms with E-state index < -0.39 is 5.97 Å². The summed E-state index contributed by atoms with van der Waals surface area (Å²) < 4.78 is 2.16. The lowest BCUT2D eigenvalue weighted by atomic mass is 9.95. The Morgan fingerprint density at radius 1 is 1.35 bits per heavy atom. The topological polar surface area (TPSA) is 55.1 Å². The van der Waals surface area contributed by atoms with Crippen molar-refractivity contribution in [1.82, 2.24) is 9.55 Å². The summed E-state index contributed by atoms with van der Waals surface area (Å²) in [6.45, 7) is 11.5. The van der Waals surface area contributed by atoms with Crippen LogP contribution in [0.1, 0.15) is 50.8 Å². The molecule has 0 bridgehead atoms. The summed E-state index contributed by atoms with van der Waals surface area (Å²) in [5, 5.41) is 9.32. The second-order valence-electron chi connectivity index (χ2n) is 6.67. The van der Waals surface area contributed by atoms with Crippen LogP contribution in [0.2, 0.25) is 0 Å². The molecule has 0 saturated carbocycles. The highest BCUT2D eigenvalue weighted by molar-refractivity contribution is 6.01. The van der Waals surface area contributed by atoms with Gasteiger partial charge in [0.25, 0.3) is 0 Å². The quantitative estimate of drug-likeness (QED) is 0.928. The molecule has 4 nitrogen and oxygen atoms in total. The van der Waals surface area contributed by atoms with Crippen LogP contribution in [0.3, 0.4) is 0 Å². The third-order valence-corrected chi connectivity index (χ3v) is 3.23. The fourth-order valence-corrected chi connectivity index (χ4v) is 2.44. The number of benzene rings is 1. The van der Waals surface area contributed by atoms with E-state index in [0.717, 1.165) is 17.9 Å². The summed E-state index contributed by atoms with van der Waals surface area (Å²) in [4.78, 5) is 16.0. The van der Waals surface area contributed by atoms with Crippen LogP contribution in [-0.2, 0) is 12.0 Å². The van der Waals surface area contributed by atoms with Crippen molar-refractivity contribution in [2.45, 2.75) is 46.6 Å². The van der Waals surface area contributed by atoms with Gasteiger partial charge in [0.15, 0.2) is 0 Å². The van der Waals surface area contributed by atoms with Gasteiger partial charge in [0.05, 0.1) is 11.1 Å². The Bertz CT molecular complexity index is 648. The summed E-state index contributed by atoms with van der Waals surface area (Å²) >= 11 is 0. The van der Waals surface area contributed by atoms with Crippen molar-refractivity contribution in [3.05, 3.63) is 29.6 Å². The van der Waals surface area contributed by atoms with Crippen LogP contribution in [0.4, 0.5) is 0 Å². The highest BCUT2D eigenvalue weighted by Crippen LogP contribution is 2.29. The van der Waals surface area contributed by atoms with Crippen molar-refractivity contribution in [1.29, 1.82) is 0 Å². The highest BCUT2D eigenvalue weighted by Gasteiger charge is 2.25. The Morgan fingerprint density at radius 2 is 2.00 bits per heavy atom. The molecule has 1 aromatic carbocycles. The Labute approximate surface area is 119 Å². The maximum absolute atomic E-state index is 11.4. The number of aromatic nitrogens is 2. The van der Waals surface area contributed by atoms with Crippen LogP contribution in [0.25, 0.3) is 11.0 Å². The summed E-state index contributed by atoms with van der Waals surface area (Å²) in [6.07, 6.45) is 0. The number of rotatable bonds is 3. The first-order chi connectivity index (χ1) is 9.21. The lowest BCUT2D eigenvalue weighted by molar-refractivity contribution is 0.0699. The number of fused-ring (bicyclic) bond motifs is 1. The van der Waals surface area contributed by atoms with Gasteiger partial charge in [-0.2, -0.15) is 0 Å². The lowest BCUT2D eigenvalue weighted by Crippen LogP contribution is -2.20. The third kappa shape index (κ3) is 2.55.